The molecule has 0 radical (unpaired) electrons. The second-order valence-electron chi connectivity index (χ2n) is 5.06. The molecule has 3 heteroatoms. The van der Waals surface area contributed by atoms with E-state index in [0.29, 0.717) is 11.8 Å². The van der Waals surface area contributed by atoms with Crippen LogP contribution in [0.15, 0.2) is 18.2 Å². The summed E-state index contributed by atoms with van der Waals surface area (Å²) >= 11 is 0. The zero-order valence-corrected chi connectivity index (χ0v) is 11.3. The molecule has 1 aromatic carbocycles. The van der Waals surface area contributed by atoms with E-state index < -0.39 is 0 Å². The lowest BCUT2D eigenvalue weighted by Crippen LogP contribution is -2.20. The van der Waals surface area contributed by atoms with Gasteiger partial charge in [0.25, 0.3) is 0 Å². The van der Waals surface area contributed by atoms with Crippen molar-refractivity contribution in [3.8, 4) is 11.5 Å². The maximum Gasteiger partial charge on any atom is 0.122 e. The Kier molecular flexibility index (Phi) is 4.48. The minimum Gasteiger partial charge on any atom is -0.497 e. The zero-order valence-electron chi connectivity index (χ0n) is 11.3. The van der Waals surface area contributed by atoms with Crippen LogP contribution in [0.5, 0.6) is 11.5 Å². The van der Waals surface area contributed by atoms with Crippen LogP contribution in [0.2, 0.25) is 0 Å². The van der Waals surface area contributed by atoms with Gasteiger partial charge in [-0.3, -0.25) is 0 Å². The van der Waals surface area contributed by atoms with Crippen LogP contribution in [0, 0.1) is 5.92 Å². The first-order valence-electron chi connectivity index (χ1n) is 6.70. The SMILES string of the molecule is COc1ccc(OC)c(C2CCC(CN)CC2)c1. The van der Waals surface area contributed by atoms with Crippen molar-refractivity contribution in [1.82, 2.24) is 0 Å². The Labute approximate surface area is 109 Å². The third-order valence-corrected chi connectivity index (χ3v) is 4.06. The van der Waals surface area contributed by atoms with Gasteiger partial charge in [0.2, 0.25) is 0 Å². The lowest BCUT2D eigenvalue weighted by molar-refractivity contribution is 0.322. The Hall–Kier alpha value is -1.22. The summed E-state index contributed by atoms with van der Waals surface area (Å²) in [5, 5.41) is 0. The molecule has 0 heterocycles. The lowest BCUT2D eigenvalue weighted by Gasteiger charge is -2.29. The number of ether oxygens (including phenoxy) is 2. The normalized spacial score (nSPS) is 23.7. The molecule has 1 aliphatic rings. The van der Waals surface area contributed by atoms with Crippen LogP contribution >= 0.6 is 0 Å². The minimum atomic E-state index is 0.581. The van der Waals surface area contributed by atoms with Crippen LogP contribution in [-0.4, -0.2) is 20.8 Å². The first kappa shape index (κ1) is 13.2. The Bertz CT molecular complexity index is 384. The molecule has 1 aliphatic carbocycles. The zero-order chi connectivity index (χ0) is 13.0. The molecule has 2 rings (SSSR count). The van der Waals surface area contributed by atoms with Crippen LogP contribution in [0.4, 0.5) is 0 Å². The summed E-state index contributed by atoms with van der Waals surface area (Å²) in [4.78, 5) is 0. The number of methoxy groups -OCH3 is 2. The van der Waals surface area contributed by atoms with Gasteiger partial charge >= 0.3 is 0 Å². The van der Waals surface area contributed by atoms with Gasteiger partial charge in [-0.1, -0.05) is 0 Å². The molecule has 0 aromatic heterocycles. The van der Waals surface area contributed by atoms with Gasteiger partial charge in [-0.25, -0.2) is 0 Å². The highest BCUT2D eigenvalue weighted by Crippen LogP contribution is 2.40. The standard InChI is InChI=1S/C15H23NO2/c1-17-13-7-8-15(18-2)14(9-13)12-5-3-11(10-16)4-6-12/h7-9,11-12H,3-6,10,16H2,1-2H3. The highest BCUT2D eigenvalue weighted by atomic mass is 16.5. The molecule has 0 saturated heterocycles. The molecule has 0 aliphatic heterocycles. The van der Waals surface area contributed by atoms with Crippen molar-refractivity contribution in [2.75, 3.05) is 20.8 Å². The molecule has 0 bridgehead atoms. The smallest absolute Gasteiger partial charge is 0.122 e. The third-order valence-electron chi connectivity index (χ3n) is 4.06. The Morgan fingerprint density at radius 3 is 2.39 bits per heavy atom. The van der Waals surface area contributed by atoms with Gasteiger partial charge in [-0.15, -0.1) is 0 Å². The summed E-state index contributed by atoms with van der Waals surface area (Å²) < 4.78 is 10.8. The van der Waals surface area contributed by atoms with Crippen molar-refractivity contribution < 1.29 is 9.47 Å². The van der Waals surface area contributed by atoms with Gasteiger partial charge in [0, 0.05) is 5.56 Å². The monoisotopic (exact) mass is 249 g/mol. The van der Waals surface area contributed by atoms with Crippen molar-refractivity contribution in [2.45, 2.75) is 31.6 Å². The van der Waals surface area contributed by atoms with Crippen LogP contribution in [0.1, 0.15) is 37.2 Å². The second-order valence-corrected chi connectivity index (χ2v) is 5.06. The predicted octanol–water partition coefficient (Wildman–Crippen LogP) is 2.94. The summed E-state index contributed by atoms with van der Waals surface area (Å²) in [6.07, 6.45) is 4.85. The molecule has 0 atom stereocenters. The van der Waals surface area contributed by atoms with E-state index in [1.165, 1.54) is 31.2 Å². The van der Waals surface area contributed by atoms with Gasteiger partial charge in [0.15, 0.2) is 0 Å². The predicted molar refractivity (Wildman–Crippen MR) is 73.3 cm³/mol. The molecule has 2 N–H and O–H groups in total. The Morgan fingerprint density at radius 2 is 1.83 bits per heavy atom. The molecule has 100 valence electrons. The maximum atomic E-state index is 5.74. The van der Waals surface area contributed by atoms with E-state index in [-0.39, 0.29) is 0 Å². The van der Waals surface area contributed by atoms with Crippen molar-refractivity contribution in [3.05, 3.63) is 23.8 Å². The van der Waals surface area contributed by atoms with Crippen LogP contribution in [0.3, 0.4) is 0 Å². The first-order valence-corrected chi connectivity index (χ1v) is 6.70. The molecule has 0 unspecified atom stereocenters. The topological polar surface area (TPSA) is 44.5 Å². The summed E-state index contributed by atoms with van der Waals surface area (Å²) in [6, 6.07) is 6.07. The van der Waals surface area contributed by atoms with Crippen LogP contribution in [-0.2, 0) is 0 Å². The molecule has 1 aromatic rings. The molecule has 3 nitrogen and oxygen atoms in total. The summed E-state index contributed by atoms with van der Waals surface area (Å²) in [6.45, 7) is 0.821. The van der Waals surface area contributed by atoms with E-state index >= 15 is 0 Å². The summed E-state index contributed by atoms with van der Waals surface area (Å²) in [7, 11) is 3.44. The van der Waals surface area contributed by atoms with Crippen LogP contribution < -0.4 is 15.2 Å². The van der Waals surface area contributed by atoms with Crippen molar-refractivity contribution in [3.63, 3.8) is 0 Å². The quantitative estimate of drug-likeness (QED) is 0.892. The molecule has 1 fully saturated rings. The fourth-order valence-corrected chi connectivity index (χ4v) is 2.87. The summed E-state index contributed by atoms with van der Waals surface area (Å²) in [5.41, 5.74) is 7.03. The number of nitrogens with two attached hydrogens (primary N) is 1. The fraction of sp³-hybridized carbons (Fsp3) is 0.600. The highest BCUT2D eigenvalue weighted by molar-refractivity contribution is 5.42. The number of rotatable bonds is 4. The third kappa shape index (κ3) is 2.78. The highest BCUT2D eigenvalue weighted by Gasteiger charge is 2.24. The van der Waals surface area contributed by atoms with Gasteiger partial charge < -0.3 is 15.2 Å². The molecule has 0 spiro atoms. The van der Waals surface area contributed by atoms with E-state index in [1.54, 1.807) is 14.2 Å². The van der Waals surface area contributed by atoms with Gasteiger partial charge in [-0.05, 0) is 62.3 Å². The second kappa shape index (κ2) is 6.10. The van der Waals surface area contributed by atoms with Gasteiger partial charge in [0.05, 0.1) is 14.2 Å². The lowest BCUT2D eigenvalue weighted by atomic mass is 9.78. The molecule has 18 heavy (non-hydrogen) atoms. The van der Waals surface area contributed by atoms with Gasteiger partial charge in [0.1, 0.15) is 11.5 Å². The average molecular weight is 249 g/mol. The number of hydrogen-bond donors (Lipinski definition) is 1. The van der Waals surface area contributed by atoms with E-state index in [1.807, 2.05) is 12.1 Å². The van der Waals surface area contributed by atoms with Crippen molar-refractivity contribution in [1.29, 1.82) is 0 Å². The van der Waals surface area contributed by atoms with Crippen molar-refractivity contribution >= 4 is 0 Å². The first-order chi connectivity index (χ1) is 8.78. The average Bonchev–Trinajstić information content (AvgIpc) is 2.46. The molecule has 1 saturated carbocycles. The van der Waals surface area contributed by atoms with Gasteiger partial charge in [-0.2, -0.15) is 0 Å². The Morgan fingerprint density at radius 1 is 1.11 bits per heavy atom. The van der Waals surface area contributed by atoms with E-state index in [4.69, 9.17) is 15.2 Å². The molecular formula is C15H23NO2. The summed E-state index contributed by atoms with van der Waals surface area (Å²) in [5.74, 6) is 3.18. The number of benzene rings is 1. The fourth-order valence-electron chi connectivity index (χ4n) is 2.87. The largest absolute Gasteiger partial charge is 0.497 e. The van der Waals surface area contributed by atoms with E-state index in [2.05, 4.69) is 6.07 Å². The molecular weight excluding hydrogens is 226 g/mol. The van der Waals surface area contributed by atoms with Crippen LogP contribution in [0.25, 0.3) is 0 Å². The van der Waals surface area contributed by atoms with E-state index in [0.717, 1.165) is 18.0 Å². The minimum absolute atomic E-state index is 0.581. The molecule has 0 amide bonds. The number of hydrogen-bond acceptors (Lipinski definition) is 3. The maximum absolute atomic E-state index is 5.74. The van der Waals surface area contributed by atoms with E-state index in [9.17, 15) is 0 Å². The van der Waals surface area contributed by atoms with Crippen molar-refractivity contribution in [2.24, 2.45) is 11.7 Å². The Balaban J connectivity index is 2.16.